The van der Waals surface area contributed by atoms with E-state index in [9.17, 15) is 5.26 Å². The van der Waals surface area contributed by atoms with Gasteiger partial charge in [-0.25, -0.2) is 4.98 Å². The Bertz CT molecular complexity index is 708. The molecule has 0 radical (unpaired) electrons. The van der Waals surface area contributed by atoms with Crippen molar-refractivity contribution in [3.8, 4) is 11.8 Å². The first-order valence-electron chi connectivity index (χ1n) is 7.09. The third-order valence-corrected chi connectivity index (χ3v) is 5.24. The molecule has 1 aromatic carbocycles. The second kappa shape index (κ2) is 7.10. The summed E-state index contributed by atoms with van der Waals surface area (Å²) in [6.07, 6.45) is 1.62. The minimum atomic E-state index is -1.11. The van der Waals surface area contributed by atoms with Crippen molar-refractivity contribution >= 4 is 30.4 Å². The molecular formula is C16H19ClN2O2Si. The van der Waals surface area contributed by atoms with E-state index in [0.29, 0.717) is 23.1 Å². The van der Waals surface area contributed by atoms with Crippen LogP contribution in [0.3, 0.4) is 0 Å². The Labute approximate surface area is 136 Å². The maximum Gasteiger partial charge on any atom is 0.189 e. The fraction of sp³-hybridized carbons (Fsp3) is 0.375. The van der Waals surface area contributed by atoms with Crippen LogP contribution in [-0.4, -0.2) is 26.5 Å². The topological polar surface area (TPSA) is 55.1 Å². The van der Waals surface area contributed by atoms with E-state index in [2.05, 4.69) is 30.7 Å². The highest BCUT2D eigenvalue weighted by molar-refractivity contribution is 6.76. The Morgan fingerprint density at radius 1 is 1.32 bits per heavy atom. The Kier molecular flexibility index (Phi) is 5.41. The number of ether oxygens (including phenoxy) is 2. The number of nitrogens with zero attached hydrogens (tertiary/aromatic N) is 2. The molecular weight excluding hydrogens is 316 g/mol. The van der Waals surface area contributed by atoms with Gasteiger partial charge in [-0.3, -0.25) is 0 Å². The molecule has 0 aliphatic rings. The van der Waals surface area contributed by atoms with Crippen molar-refractivity contribution in [2.45, 2.75) is 25.7 Å². The Balaban J connectivity index is 2.07. The summed E-state index contributed by atoms with van der Waals surface area (Å²) >= 11 is 6.08. The zero-order valence-corrected chi connectivity index (χ0v) is 14.8. The number of benzene rings is 1. The van der Waals surface area contributed by atoms with E-state index in [1.165, 1.54) is 0 Å². The van der Waals surface area contributed by atoms with Crippen molar-refractivity contribution in [1.29, 1.82) is 5.26 Å². The average Bonchev–Trinajstić information content (AvgIpc) is 2.45. The normalized spacial score (nSPS) is 11.4. The molecule has 22 heavy (non-hydrogen) atoms. The smallest absolute Gasteiger partial charge is 0.189 e. The highest BCUT2D eigenvalue weighted by Gasteiger charge is 2.12. The van der Waals surface area contributed by atoms with Crippen LogP contribution in [-0.2, 0) is 4.74 Å². The van der Waals surface area contributed by atoms with Gasteiger partial charge in [-0.05, 0) is 29.6 Å². The molecule has 0 amide bonds. The second-order valence-corrected chi connectivity index (χ2v) is 12.2. The van der Waals surface area contributed by atoms with Gasteiger partial charge in [0.15, 0.2) is 6.79 Å². The van der Waals surface area contributed by atoms with Crippen LogP contribution in [0.2, 0.25) is 30.8 Å². The lowest BCUT2D eigenvalue weighted by Gasteiger charge is -2.16. The van der Waals surface area contributed by atoms with E-state index in [1.54, 1.807) is 18.3 Å². The van der Waals surface area contributed by atoms with Crippen LogP contribution in [0, 0.1) is 11.3 Å². The standard InChI is InChI=1S/C16H19ClN2O2Si/c1-22(2,3)7-6-20-11-21-15-9-14-12(8-13(15)10-18)4-5-19-16(14)17/h4-5,8-9H,6-7,11H2,1-3H3. The van der Waals surface area contributed by atoms with Gasteiger partial charge in [0.25, 0.3) is 0 Å². The van der Waals surface area contributed by atoms with Crippen molar-refractivity contribution in [2.75, 3.05) is 13.4 Å². The van der Waals surface area contributed by atoms with Crippen LogP contribution in [0.4, 0.5) is 0 Å². The first-order valence-corrected chi connectivity index (χ1v) is 11.2. The molecule has 0 unspecified atom stereocenters. The van der Waals surface area contributed by atoms with Crippen LogP contribution in [0.1, 0.15) is 5.56 Å². The molecule has 0 aliphatic carbocycles. The first-order chi connectivity index (χ1) is 10.4. The lowest BCUT2D eigenvalue weighted by atomic mass is 10.1. The summed E-state index contributed by atoms with van der Waals surface area (Å²) in [5.74, 6) is 0.470. The predicted molar refractivity (Wildman–Crippen MR) is 91.1 cm³/mol. The SMILES string of the molecule is C[Si](C)(C)CCOCOc1cc2c(Cl)nccc2cc1C#N. The Morgan fingerprint density at radius 2 is 2.09 bits per heavy atom. The molecule has 1 aromatic heterocycles. The molecule has 0 atom stereocenters. The largest absolute Gasteiger partial charge is 0.466 e. The molecule has 1 heterocycles. The summed E-state index contributed by atoms with van der Waals surface area (Å²) in [7, 11) is -1.11. The quantitative estimate of drug-likeness (QED) is 0.339. The van der Waals surface area contributed by atoms with Crippen LogP contribution in [0.25, 0.3) is 10.8 Å². The van der Waals surface area contributed by atoms with Gasteiger partial charge in [0, 0.05) is 26.3 Å². The fourth-order valence-corrected chi connectivity index (χ4v) is 2.89. The summed E-state index contributed by atoms with van der Waals surface area (Å²) in [5, 5.41) is 11.3. The van der Waals surface area contributed by atoms with Crippen LogP contribution in [0.5, 0.6) is 5.75 Å². The van der Waals surface area contributed by atoms with Crippen LogP contribution >= 0.6 is 11.6 Å². The molecule has 2 rings (SSSR count). The van der Waals surface area contributed by atoms with E-state index in [-0.39, 0.29) is 6.79 Å². The van der Waals surface area contributed by atoms with Crippen LogP contribution in [0.15, 0.2) is 24.4 Å². The first kappa shape index (κ1) is 16.8. The highest BCUT2D eigenvalue weighted by Crippen LogP contribution is 2.29. The van der Waals surface area contributed by atoms with Crippen molar-refractivity contribution in [1.82, 2.24) is 4.98 Å². The number of pyridine rings is 1. The van der Waals surface area contributed by atoms with Crippen molar-refractivity contribution in [3.63, 3.8) is 0 Å². The van der Waals surface area contributed by atoms with E-state index in [0.717, 1.165) is 16.8 Å². The van der Waals surface area contributed by atoms with Gasteiger partial charge >= 0.3 is 0 Å². The molecule has 4 nitrogen and oxygen atoms in total. The maximum absolute atomic E-state index is 9.24. The van der Waals surface area contributed by atoms with Crippen molar-refractivity contribution in [3.05, 3.63) is 35.1 Å². The molecule has 2 aromatic rings. The summed E-state index contributed by atoms with van der Waals surface area (Å²) in [6, 6.07) is 8.52. The summed E-state index contributed by atoms with van der Waals surface area (Å²) in [4.78, 5) is 4.04. The van der Waals surface area contributed by atoms with Gasteiger partial charge in [-0.15, -0.1) is 0 Å². The van der Waals surface area contributed by atoms with E-state index < -0.39 is 8.07 Å². The van der Waals surface area contributed by atoms with Gasteiger partial charge in [0.1, 0.15) is 17.0 Å². The molecule has 0 bridgehead atoms. The Hall–Kier alpha value is -1.61. The molecule has 0 N–H and O–H groups in total. The molecule has 6 heteroatoms. The maximum atomic E-state index is 9.24. The number of halogens is 1. The molecule has 0 spiro atoms. The number of fused-ring (bicyclic) bond motifs is 1. The third kappa shape index (κ3) is 4.44. The van der Waals surface area contributed by atoms with Gasteiger partial charge in [-0.2, -0.15) is 5.26 Å². The number of nitriles is 1. The lowest BCUT2D eigenvalue weighted by molar-refractivity contribution is 0.0219. The van der Waals surface area contributed by atoms with E-state index in [4.69, 9.17) is 21.1 Å². The van der Waals surface area contributed by atoms with E-state index in [1.807, 2.05) is 6.07 Å². The summed E-state index contributed by atoms with van der Waals surface area (Å²) in [6.45, 7) is 7.69. The summed E-state index contributed by atoms with van der Waals surface area (Å²) in [5.41, 5.74) is 0.462. The van der Waals surface area contributed by atoms with E-state index >= 15 is 0 Å². The van der Waals surface area contributed by atoms with Crippen molar-refractivity contribution < 1.29 is 9.47 Å². The lowest BCUT2D eigenvalue weighted by Crippen LogP contribution is -2.22. The third-order valence-electron chi connectivity index (χ3n) is 3.23. The van der Waals surface area contributed by atoms with Gasteiger partial charge in [0.05, 0.1) is 5.56 Å². The zero-order valence-electron chi connectivity index (χ0n) is 13.0. The predicted octanol–water partition coefficient (Wildman–Crippen LogP) is 4.45. The monoisotopic (exact) mass is 334 g/mol. The molecule has 0 aliphatic heterocycles. The average molecular weight is 335 g/mol. The zero-order chi connectivity index (χ0) is 16.2. The highest BCUT2D eigenvalue weighted by atomic mass is 35.5. The fourth-order valence-electron chi connectivity index (χ4n) is 1.91. The Morgan fingerprint density at radius 3 is 2.77 bits per heavy atom. The number of rotatable bonds is 6. The van der Waals surface area contributed by atoms with Gasteiger partial charge in [-0.1, -0.05) is 31.2 Å². The minimum Gasteiger partial charge on any atom is -0.466 e. The number of hydrogen-bond donors (Lipinski definition) is 0. The molecule has 116 valence electrons. The molecule has 0 saturated carbocycles. The minimum absolute atomic E-state index is 0.128. The number of hydrogen-bond acceptors (Lipinski definition) is 4. The molecule has 0 fully saturated rings. The number of aromatic nitrogens is 1. The van der Waals surface area contributed by atoms with Crippen LogP contribution < -0.4 is 4.74 Å². The molecule has 0 saturated heterocycles. The summed E-state index contributed by atoms with van der Waals surface area (Å²) < 4.78 is 11.1. The van der Waals surface area contributed by atoms with Crippen molar-refractivity contribution in [2.24, 2.45) is 0 Å². The second-order valence-electron chi connectivity index (χ2n) is 6.26. The van der Waals surface area contributed by atoms with Gasteiger partial charge < -0.3 is 9.47 Å². The van der Waals surface area contributed by atoms with Gasteiger partial charge in [0.2, 0.25) is 0 Å².